The average molecular weight is 280 g/mol. The largest absolute Gasteiger partial charge is 0.465 e. The van der Waals surface area contributed by atoms with Crippen LogP contribution < -0.4 is 0 Å². The van der Waals surface area contributed by atoms with Gasteiger partial charge in [0, 0.05) is 20.6 Å². The van der Waals surface area contributed by atoms with Gasteiger partial charge in [0.25, 0.3) is 0 Å². The summed E-state index contributed by atoms with van der Waals surface area (Å²) in [6.45, 7) is 4.06. The summed E-state index contributed by atoms with van der Waals surface area (Å²) in [5, 5.41) is 10.6. The summed E-state index contributed by atoms with van der Waals surface area (Å²) >= 11 is 0. The molecule has 1 atom stereocenters. The Kier molecular flexibility index (Phi) is 4.50. The van der Waals surface area contributed by atoms with Gasteiger partial charge in [-0.2, -0.15) is 0 Å². The molecule has 1 aliphatic rings. The number of aliphatic hydroxyl groups is 1. The van der Waals surface area contributed by atoms with Crippen LogP contribution in [0.25, 0.3) is 0 Å². The smallest absolute Gasteiger partial charge is 0.224 e. The van der Waals surface area contributed by atoms with E-state index in [1.54, 1.807) is 14.1 Å². The van der Waals surface area contributed by atoms with Gasteiger partial charge in [-0.05, 0) is 38.4 Å². The van der Waals surface area contributed by atoms with Crippen molar-refractivity contribution in [3.8, 4) is 0 Å². The number of β-amino-alcohol motifs (C(OH)–C–C–N with tert-alkyl or cyclic N) is 1. The van der Waals surface area contributed by atoms with E-state index in [0.717, 1.165) is 24.5 Å². The normalized spacial score (nSPS) is 23.8. The number of furan rings is 1. The monoisotopic (exact) mass is 280 g/mol. The molecule has 2 rings (SSSR count). The number of carbonyl (C=O) groups excluding carboxylic acids is 1. The van der Waals surface area contributed by atoms with Crippen LogP contribution in [0.5, 0.6) is 0 Å². The Balaban J connectivity index is 1.95. The van der Waals surface area contributed by atoms with Gasteiger partial charge in [0.15, 0.2) is 0 Å². The number of hydrogen-bond acceptors (Lipinski definition) is 4. The molecule has 0 radical (unpaired) electrons. The van der Waals surface area contributed by atoms with Gasteiger partial charge in [0.1, 0.15) is 11.5 Å². The number of rotatable bonds is 4. The van der Waals surface area contributed by atoms with Crippen LogP contribution in [0.3, 0.4) is 0 Å². The lowest BCUT2D eigenvalue weighted by Gasteiger charge is -2.39. The van der Waals surface area contributed by atoms with Crippen molar-refractivity contribution in [3.05, 3.63) is 23.7 Å². The van der Waals surface area contributed by atoms with Gasteiger partial charge in [0.05, 0.1) is 18.6 Å². The van der Waals surface area contributed by atoms with E-state index in [1.807, 2.05) is 19.1 Å². The third-order valence-corrected chi connectivity index (χ3v) is 3.79. The zero-order valence-electron chi connectivity index (χ0n) is 12.6. The fourth-order valence-corrected chi connectivity index (χ4v) is 2.72. The zero-order valence-corrected chi connectivity index (χ0v) is 12.6. The van der Waals surface area contributed by atoms with Crippen molar-refractivity contribution < 1.29 is 14.3 Å². The van der Waals surface area contributed by atoms with E-state index in [-0.39, 0.29) is 12.3 Å². The molecule has 0 aliphatic carbocycles. The minimum Gasteiger partial charge on any atom is -0.465 e. The second-order valence-corrected chi connectivity index (χ2v) is 6.02. The summed E-state index contributed by atoms with van der Waals surface area (Å²) in [6.07, 6.45) is 1.77. The number of nitrogens with zero attached hydrogens (tertiary/aromatic N) is 2. The third kappa shape index (κ3) is 3.84. The molecule has 1 amide bonds. The molecular formula is C15H24N2O3. The van der Waals surface area contributed by atoms with E-state index in [2.05, 4.69) is 4.90 Å². The first kappa shape index (κ1) is 15.1. The highest BCUT2D eigenvalue weighted by Gasteiger charge is 2.35. The van der Waals surface area contributed by atoms with E-state index < -0.39 is 5.60 Å². The molecule has 1 saturated heterocycles. The molecule has 1 N–H and O–H groups in total. The highest BCUT2D eigenvalue weighted by Crippen LogP contribution is 2.26. The van der Waals surface area contributed by atoms with Gasteiger partial charge >= 0.3 is 0 Å². The fraction of sp³-hybridized carbons (Fsp3) is 0.667. The van der Waals surface area contributed by atoms with Crippen molar-refractivity contribution in [1.82, 2.24) is 9.80 Å². The Labute approximate surface area is 120 Å². The fourth-order valence-electron chi connectivity index (χ4n) is 2.72. The number of aryl methyl sites for hydroxylation is 1. The first-order chi connectivity index (χ1) is 9.38. The number of piperidine rings is 1. The van der Waals surface area contributed by atoms with Crippen LogP contribution in [-0.4, -0.2) is 53.6 Å². The summed E-state index contributed by atoms with van der Waals surface area (Å²) in [5.41, 5.74) is -0.915. The predicted octanol–water partition coefficient (Wildman–Crippen LogP) is 1.39. The van der Waals surface area contributed by atoms with Crippen LogP contribution in [0.15, 0.2) is 16.5 Å². The molecule has 0 aromatic carbocycles. The molecule has 2 heterocycles. The van der Waals surface area contributed by atoms with E-state index in [4.69, 9.17) is 4.42 Å². The maximum atomic E-state index is 11.8. The molecular weight excluding hydrogens is 256 g/mol. The maximum absolute atomic E-state index is 11.8. The van der Waals surface area contributed by atoms with Gasteiger partial charge in [0.2, 0.25) is 5.91 Å². The lowest BCUT2D eigenvalue weighted by Crippen LogP contribution is -2.50. The molecule has 5 nitrogen and oxygen atoms in total. The van der Waals surface area contributed by atoms with E-state index in [1.165, 1.54) is 4.90 Å². The summed E-state index contributed by atoms with van der Waals surface area (Å²) in [5.74, 6) is 1.78. The van der Waals surface area contributed by atoms with Gasteiger partial charge < -0.3 is 14.4 Å². The minimum atomic E-state index is -0.915. The molecule has 1 aliphatic heterocycles. The Morgan fingerprint density at radius 2 is 2.25 bits per heavy atom. The van der Waals surface area contributed by atoms with Gasteiger partial charge in [-0.3, -0.25) is 9.69 Å². The lowest BCUT2D eigenvalue weighted by atomic mass is 9.89. The standard InChI is InChI=1S/C15H24N2O3/c1-12-5-6-13(20-12)10-17-8-4-7-15(19,11-17)9-14(18)16(2)3/h5-6,19H,4,7-11H2,1-3H3. The lowest BCUT2D eigenvalue weighted by molar-refractivity contribution is -0.136. The number of hydrogen-bond donors (Lipinski definition) is 1. The molecule has 5 heteroatoms. The second kappa shape index (κ2) is 5.97. The van der Waals surface area contributed by atoms with Gasteiger partial charge in [-0.1, -0.05) is 0 Å². The Morgan fingerprint density at radius 3 is 2.85 bits per heavy atom. The molecule has 1 unspecified atom stereocenters. The SMILES string of the molecule is Cc1ccc(CN2CCCC(O)(CC(=O)N(C)C)C2)o1. The van der Waals surface area contributed by atoms with Crippen LogP contribution >= 0.6 is 0 Å². The molecule has 0 spiro atoms. The quantitative estimate of drug-likeness (QED) is 0.905. The van der Waals surface area contributed by atoms with Crippen molar-refractivity contribution >= 4 is 5.91 Å². The highest BCUT2D eigenvalue weighted by molar-refractivity contribution is 5.76. The van der Waals surface area contributed by atoms with Crippen molar-refractivity contribution in [2.24, 2.45) is 0 Å². The van der Waals surface area contributed by atoms with Crippen LogP contribution in [-0.2, 0) is 11.3 Å². The average Bonchev–Trinajstić information content (AvgIpc) is 2.74. The Bertz CT molecular complexity index is 469. The predicted molar refractivity (Wildman–Crippen MR) is 76.2 cm³/mol. The minimum absolute atomic E-state index is 0.0248. The van der Waals surface area contributed by atoms with Crippen molar-refractivity contribution in [1.29, 1.82) is 0 Å². The Hall–Kier alpha value is -1.33. The summed E-state index contributed by atoms with van der Waals surface area (Å²) in [6, 6.07) is 3.91. The molecule has 1 aromatic rings. The van der Waals surface area contributed by atoms with E-state index in [0.29, 0.717) is 19.5 Å². The van der Waals surface area contributed by atoms with Crippen molar-refractivity contribution in [3.63, 3.8) is 0 Å². The summed E-state index contributed by atoms with van der Waals surface area (Å²) in [7, 11) is 3.44. The first-order valence-electron chi connectivity index (χ1n) is 7.08. The van der Waals surface area contributed by atoms with Crippen molar-refractivity contribution in [2.75, 3.05) is 27.2 Å². The van der Waals surface area contributed by atoms with E-state index >= 15 is 0 Å². The van der Waals surface area contributed by atoms with E-state index in [9.17, 15) is 9.90 Å². The number of likely N-dealkylation sites (tertiary alicyclic amines) is 1. The third-order valence-electron chi connectivity index (χ3n) is 3.79. The number of carbonyl (C=O) groups is 1. The first-order valence-corrected chi connectivity index (χ1v) is 7.08. The van der Waals surface area contributed by atoms with Gasteiger partial charge in [-0.25, -0.2) is 0 Å². The maximum Gasteiger partial charge on any atom is 0.224 e. The van der Waals surface area contributed by atoms with Crippen molar-refractivity contribution in [2.45, 2.75) is 38.3 Å². The molecule has 20 heavy (non-hydrogen) atoms. The molecule has 1 aromatic heterocycles. The molecule has 1 fully saturated rings. The molecule has 0 bridgehead atoms. The highest BCUT2D eigenvalue weighted by atomic mass is 16.3. The Morgan fingerprint density at radius 1 is 1.50 bits per heavy atom. The van der Waals surface area contributed by atoms with Gasteiger partial charge in [-0.15, -0.1) is 0 Å². The zero-order chi connectivity index (χ0) is 14.8. The number of amides is 1. The second-order valence-electron chi connectivity index (χ2n) is 6.02. The summed E-state index contributed by atoms with van der Waals surface area (Å²) in [4.78, 5) is 15.5. The summed E-state index contributed by atoms with van der Waals surface area (Å²) < 4.78 is 5.58. The molecule has 112 valence electrons. The molecule has 0 saturated carbocycles. The topological polar surface area (TPSA) is 56.9 Å². The van der Waals surface area contributed by atoms with Crippen LogP contribution in [0.2, 0.25) is 0 Å². The van der Waals surface area contributed by atoms with Crippen LogP contribution in [0.4, 0.5) is 0 Å². The van der Waals surface area contributed by atoms with Crippen LogP contribution in [0, 0.1) is 6.92 Å². The van der Waals surface area contributed by atoms with Crippen LogP contribution in [0.1, 0.15) is 30.8 Å².